The second-order valence-corrected chi connectivity index (χ2v) is 6.63. The summed E-state index contributed by atoms with van der Waals surface area (Å²) >= 11 is 0. The normalized spacial score (nSPS) is 18.2. The van der Waals surface area contributed by atoms with Crippen LogP contribution in [-0.2, 0) is 11.2 Å². The fraction of sp³-hybridized carbons (Fsp3) is 0.474. The van der Waals surface area contributed by atoms with Crippen LogP contribution in [-0.4, -0.2) is 22.3 Å². The van der Waals surface area contributed by atoms with Crippen LogP contribution in [0.5, 0.6) is 0 Å². The predicted molar refractivity (Wildman–Crippen MR) is 88.9 cm³/mol. The average Bonchev–Trinajstić information content (AvgIpc) is 3.04. The molecule has 0 aliphatic carbocycles. The van der Waals surface area contributed by atoms with E-state index in [1.807, 2.05) is 18.7 Å². The number of carbonyl (C=O) groups excluding carboxylic acids is 1. The maximum absolute atomic E-state index is 13.8. The zero-order valence-corrected chi connectivity index (χ0v) is 14.2. The van der Waals surface area contributed by atoms with Gasteiger partial charge in [0, 0.05) is 18.9 Å². The van der Waals surface area contributed by atoms with Gasteiger partial charge in [0.25, 0.3) is 0 Å². The van der Waals surface area contributed by atoms with Crippen LogP contribution in [0.3, 0.4) is 0 Å². The first-order chi connectivity index (χ1) is 11.6. The van der Waals surface area contributed by atoms with E-state index in [1.165, 1.54) is 6.07 Å². The molecule has 0 radical (unpaired) electrons. The monoisotopic (exact) mass is 330 g/mol. The van der Waals surface area contributed by atoms with Crippen LogP contribution < -0.4 is 0 Å². The first-order valence-electron chi connectivity index (χ1n) is 8.54. The highest BCUT2D eigenvalue weighted by Gasteiger charge is 2.32. The van der Waals surface area contributed by atoms with Gasteiger partial charge in [0.15, 0.2) is 0 Å². The Labute approximate surface area is 141 Å². The lowest BCUT2D eigenvalue weighted by molar-refractivity contribution is -0.139. The Morgan fingerprint density at radius 1 is 1.38 bits per heavy atom. The van der Waals surface area contributed by atoms with E-state index in [0.717, 1.165) is 25.8 Å². The third kappa shape index (κ3) is 3.50. The van der Waals surface area contributed by atoms with E-state index in [0.29, 0.717) is 23.6 Å². The number of hydrogen-bond acceptors (Lipinski definition) is 3. The van der Waals surface area contributed by atoms with Gasteiger partial charge in [0.05, 0.1) is 6.20 Å². The molecule has 1 aliphatic rings. The van der Waals surface area contributed by atoms with Crippen molar-refractivity contribution in [3.63, 3.8) is 0 Å². The van der Waals surface area contributed by atoms with E-state index >= 15 is 0 Å². The first-order valence-corrected chi connectivity index (χ1v) is 8.54. The van der Waals surface area contributed by atoms with Crippen molar-refractivity contribution < 1.29 is 13.6 Å². The molecule has 2 aromatic rings. The van der Waals surface area contributed by atoms with Gasteiger partial charge < -0.3 is 9.32 Å². The predicted octanol–water partition coefficient (Wildman–Crippen LogP) is 4.11. The van der Waals surface area contributed by atoms with Crippen LogP contribution in [0.2, 0.25) is 0 Å². The quantitative estimate of drug-likeness (QED) is 0.847. The van der Waals surface area contributed by atoms with Crippen LogP contribution in [0.1, 0.15) is 56.4 Å². The summed E-state index contributed by atoms with van der Waals surface area (Å²) in [5.41, 5.74) is 0.582. The molecule has 0 N–H and O–H groups in total. The summed E-state index contributed by atoms with van der Waals surface area (Å²) in [6, 6.07) is 6.55. The van der Waals surface area contributed by atoms with Gasteiger partial charge in [-0.05, 0) is 30.9 Å². The van der Waals surface area contributed by atoms with Gasteiger partial charge in [-0.1, -0.05) is 32.0 Å². The Morgan fingerprint density at radius 3 is 2.92 bits per heavy atom. The highest BCUT2D eigenvalue weighted by atomic mass is 19.1. The van der Waals surface area contributed by atoms with Crippen molar-refractivity contribution in [1.29, 1.82) is 0 Å². The number of aromatic nitrogens is 1. The number of likely N-dealkylation sites (tertiary alicyclic amines) is 1. The summed E-state index contributed by atoms with van der Waals surface area (Å²) in [6.45, 7) is 4.56. The fourth-order valence-electron chi connectivity index (χ4n) is 3.17. The van der Waals surface area contributed by atoms with Crippen LogP contribution in [0.25, 0.3) is 0 Å². The molecular formula is C19H23FN2O2. The molecule has 1 aliphatic heterocycles. The van der Waals surface area contributed by atoms with E-state index in [-0.39, 0.29) is 23.7 Å². The maximum atomic E-state index is 13.8. The molecule has 5 heteroatoms. The lowest BCUT2D eigenvalue weighted by Crippen LogP contribution is -2.40. The smallest absolute Gasteiger partial charge is 0.225 e. The number of piperidine rings is 1. The van der Waals surface area contributed by atoms with E-state index in [2.05, 4.69) is 4.98 Å². The molecule has 4 nitrogen and oxygen atoms in total. The number of oxazole rings is 1. The Morgan fingerprint density at radius 2 is 2.17 bits per heavy atom. The fourth-order valence-corrected chi connectivity index (χ4v) is 3.17. The molecule has 0 spiro atoms. The molecule has 1 aromatic heterocycles. The Kier molecular flexibility index (Phi) is 4.97. The van der Waals surface area contributed by atoms with Crippen LogP contribution in [0, 0.1) is 11.7 Å². The van der Waals surface area contributed by atoms with Gasteiger partial charge in [0.1, 0.15) is 17.6 Å². The summed E-state index contributed by atoms with van der Waals surface area (Å²) in [6.07, 6.45) is 4.94. The molecule has 3 rings (SSSR count). The van der Waals surface area contributed by atoms with Crippen molar-refractivity contribution in [1.82, 2.24) is 9.88 Å². The molecule has 1 saturated heterocycles. The second kappa shape index (κ2) is 7.16. The average molecular weight is 330 g/mol. The SMILES string of the molecule is CC(C)C(=O)N1CCCC[C@@H]1c1ncc(Cc2ccccc2F)o1. The number of benzene rings is 1. The topological polar surface area (TPSA) is 46.3 Å². The van der Waals surface area contributed by atoms with Gasteiger partial charge in [-0.2, -0.15) is 0 Å². The Balaban J connectivity index is 1.78. The third-order valence-corrected chi connectivity index (χ3v) is 4.46. The Bertz CT molecular complexity index is 711. The number of halogens is 1. The molecule has 128 valence electrons. The van der Waals surface area contributed by atoms with Gasteiger partial charge >= 0.3 is 0 Å². The second-order valence-electron chi connectivity index (χ2n) is 6.63. The summed E-state index contributed by atoms with van der Waals surface area (Å²) in [4.78, 5) is 18.7. The maximum Gasteiger partial charge on any atom is 0.225 e. The number of rotatable bonds is 4. The zero-order valence-electron chi connectivity index (χ0n) is 14.2. The minimum absolute atomic E-state index is 0.0431. The molecule has 0 unspecified atom stereocenters. The molecule has 1 atom stereocenters. The zero-order chi connectivity index (χ0) is 17.1. The van der Waals surface area contributed by atoms with Gasteiger partial charge in [-0.3, -0.25) is 4.79 Å². The number of amides is 1. The molecule has 2 heterocycles. The minimum Gasteiger partial charge on any atom is -0.443 e. The Hall–Kier alpha value is -2.17. The summed E-state index contributed by atoms with van der Waals surface area (Å²) in [5, 5.41) is 0. The van der Waals surface area contributed by atoms with Gasteiger partial charge in [-0.25, -0.2) is 9.37 Å². The molecule has 0 bridgehead atoms. The molecule has 1 aromatic carbocycles. The highest BCUT2D eigenvalue weighted by molar-refractivity contribution is 5.78. The molecular weight excluding hydrogens is 307 g/mol. The van der Waals surface area contributed by atoms with Crippen molar-refractivity contribution in [2.45, 2.75) is 45.6 Å². The molecule has 0 saturated carbocycles. The van der Waals surface area contributed by atoms with E-state index in [9.17, 15) is 9.18 Å². The first kappa shape index (κ1) is 16.7. The van der Waals surface area contributed by atoms with Crippen molar-refractivity contribution in [3.8, 4) is 0 Å². The summed E-state index contributed by atoms with van der Waals surface area (Å²) in [7, 11) is 0. The van der Waals surface area contributed by atoms with Crippen molar-refractivity contribution in [3.05, 3.63) is 53.5 Å². The summed E-state index contributed by atoms with van der Waals surface area (Å²) in [5.74, 6) is 1.03. The van der Waals surface area contributed by atoms with Crippen LogP contribution in [0.4, 0.5) is 4.39 Å². The largest absolute Gasteiger partial charge is 0.443 e. The third-order valence-electron chi connectivity index (χ3n) is 4.46. The molecule has 1 amide bonds. The lowest BCUT2D eigenvalue weighted by Gasteiger charge is -2.35. The van der Waals surface area contributed by atoms with Crippen LogP contribution in [0.15, 0.2) is 34.9 Å². The van der Waals surface area contributed by atoms with Crippen molar-refractivity contribution >= 4 is 5.91 Å². The number of hydrogen-bond donors (Lipinski definition) is 0. The van der Waals surface area contributed by atoms with E-state index < -0.39 is 0 Å². The minimum atomic E-state index is -0.246. The standard InChI is InChI=1S/C19H23FN2O2/c1-13(2)19(23)22-10-6-5-9-17(22)18-21-12-15(24-18)11-14-7-3-4-8-16(14)20/h3-4,7-8,12-13,17H,5-6,9-11H2,1-2H3/t17-/m1/s1. The van der Waals surface area contributed by atoms with Crippen molar-refractivity contribution in [2.75, 3.05) is 6.54 Å². The summed E-state index contributed by atoms with van der Waals surface area (Å²) < 4.78 is 19.6. The van der Waals surface area contributed by atoms with E-state index in [1.54, 1.807) is 24.4 Å². The van der Waals surface area contributed by atoms with Gasteiger partial charge in [-0.15, -0.1) is 0 Å². The highest BCUT2D eigenvalue weighted by Crippen LogP contribution is 2.32. The van der Waals surface area contributed by atoms with E-state index in [4.69, 9.17) is 4.42 Å². The number of nitrogens with zero attached hydrogens (tertiary/aromatic N) is 2. The lowest BCUT2D eigenvalue weighted by atomic mass is 10.00. The number of carbonyl (C=O) groups is 1. The molecule has 24 heavy (non-hydrogen) atoms. The molecule has 1 fully saturated rings. The van der Waals surface area contributed by atoms with Crippen LogP contribution >= 0.6 is 0 Å². The van der Waals surface area contributed by atoms with Crippen molar-refractivity contribution in [2.24, 2.45) is 5.92 Å². The van der Waals surface area contributed by atoms with Gasteiger partial charge in [0.2, 0.25) is 11.8 Å².